The van der Waals surface area contributed by atoms with Crippen LogP contribution in [-0.4, -0.2) is 5.71 Å². The number of aliphatic imine (C=N–C) groups is 1. The summed E-state index contributed by atoms with van der Waals surface area (Å²) < 4.78 is 6.29. The number of allylic oxidation sites excluding steroid dienone is 2. The standard InChI is InChI=1S/C35H45NOS2/c1-2-3-4-5-6-7-8-9-10-11-12-13-17-21-30-23-24-31(36-30)26-34-32(37-28-29-19-15-14-16-20-29)27-35(39-34)33-22-18-25-38-33/h14-16,18-20,22-27H,2-13,17,21,28H2,1H3/b31-26+. The summed E-state index contributed by atoms with van der Waals surface area (Å²) in [4.78, 5) is 8.60. The van der Waals surface area contributed by atoms with E-state index in [1.165, 1.54) is 105 Å². The Morgan fingerprint density at radius 3 is 2.10 bits per heavy atom. The highest BCUT2D eigenvalue weighted by Gasteiger charge is 2.13. The van der Waals surface area contributed by atoms with Gasteiger partial charge in [-0.05, 0) is 48.1 Å². The third-order valence-corrected chi connectivity index (χ3v) is 9.39. The van der Waals surface area contributed by atoms with Crippen LogP contribution in [0.15, 0.2) is 76.8 Å². The molecule has 0 radical (unpaired) electrons. The first kappa shape index (κ1) is 29.6. The molecule has 0 N–H and O–H groups in total. The summed E-state index contributed by atoms with van der Waals surface area (Å²) in [5.74, 6) is 0.938. The molecule has 0 fully saturated rings. The fraction of sp³-hybridized carbons (Fsp3) is 0.457. The van der Waals surface area contributed by atoms with Crippen molar-refractivity contribution < 1.29 is 4.74 Å². The van der Waals surface area contributed by atoms with Crippen LogP contribution in [0.4, 0.5) is 0 Å². The Morgan fingerprint density at radius 2 is 1.44 bits per heavy atom. The first-order chi connectivity index (χ1) is 19.3. The van der Waals surface area contributed by atoms with Gasteiger partial charge in [0, 0.05) is 21.5 Å². The first-order valence-corrected chi connectivity index (χ1v) is 16.8. The molecule has 2 aromatic heterocycles. The lowest BCUT2D eigenvalue weighted by atomic mass is 10.0. The summed E-state index contributed by atoms with van der Waals surface area (Å²) >= 11 is 3.55. The van der Waals surface area contributed by atoms with Gasteiger partial charge in [0.25, 0.3) is 0 Å². The molecular weight excluding hydrogens is 515 g/mol. The van der Waals surface area contributed by atoms with Crippen molar-refractivity contribution in [2.75, 3.05) is 0 Å². The maximum Gasteiger partial charge on any atom is 0.138 e. The Morgan fingerprint density at radius 1 is 0.744 bits per heavy atom. The van der Waals surface area contributed by atoms with Crippen molar-refractivity contribution in [2.24, 2.45) is 4.99 Å². The molecule has 0 saturated carbocycles. The van der Waals surface area contributed by atoms with Crippen molar-refractivity contribution in [3.63, 3.8) is 0 Å². The topological polar surface area (TPSA) is 21.6 Å². The van der Waals surface area contributed by atoms with Gasteiger partial charge >= 0.3 is 0 Å². The molecule has 0 amide bonds. The van der Waals surface area contributed by atoms with E-state index in [2.05, 4.69) is 73.0 Å². The number of nitrogens with zero attached hydrogens (tertiary/aromatic N) is 1. The number of ether oxygens (including phenoxy) is 1. The van der Waals surface area contributed by atoms with Crippen LogP contribution in [0, 0.1) is 0 Å². The molecule has 4 rings (SSSR count). The normalized spacial score (nSPS) is 13.9. The van der Waals surface area contributed by atoms with Gasteiger partial charge in [0.1, 0.15) is 12.4 Å². The number of unbranched alkanes of at least 4 members (excludes halogenated alkanes) is 12. The highest BCUT2D eigenvalue weighted by atomic mass is 32.1. The summed E-state index contributed by atoms with van der Waals surface area (Å²) in [5.41, 5.74) is 3.42. The van der Waals surface area contributed by atoms with Crippen LogP contribution >= 0.6 is 22.7 Å². The van der Waals surface area contributed by atoms with Crippen LogP contribution in [0.5, 0.6) is 5.75 Å². The Bertz CT molecular complexity index is 1170. The third-order valence-electron chi connectivity index (χ3n) is 7.26. The van der Waals surface area contributed by atoms with Gasteiger partial charge in [0.15, 0.2) is 0 Å². The largest absolute Gasteiger partial charge is 0.487 e. The molecular formula is C35H45NOS2. The lowest BCUT2D eigenvalue weighted by Crippen LogP contribution is -1.94. The quantitative estimate of drug-likeness (QED) is 0.134. The van der Waals surface area contributed by atoms with Gasteiger partial charge in [-0.1, -0.05) is 120 Å². The van der Waals surface area contributed by atoms with Crippen molar-refractivity contribution in [3.05, 3.63) is 82.2 Å². The second kappa shape index (κ2) is 17.3. The Kier molecular flexibility index (Phi) is 13.1. The molecule has 39 heavy (non-hydrogen) atoms. The summed E-state index contributed by atoms with van der Waals surface area (Å²) in [6.45, 7) is 2.86. The SMILES string of the molecule is CCCCCCCCCCCCCCCC1=N/C(=C/c2sc(-c3cccs3)cc2OCc2ccccc2)C=C1. The van der Waals surface area contributed by atoms with Gasteiger partial charge in [-0.2, -0.15) is 0 Å². The van der Waals surface area contributed by atoms with Gasteiger partial charge < -0.3 is 4.74 Å². The summed E-state index contributed by atoms with van der Waals surface area (Å²) in [6, 6.07) is 16.8. The van der Waals surface area contributed by atoms with E-state index in [-0.39, 0.29) is 0 Å². The van der Waals surface area contributed by atoms with Gasteiger partial charge in [-0.15, -0.1) is 22.7 Å². The zero-order valence-corrected chi connectivity index (χ0v) is 25.3. The van der Waals surface area contributed by atoms with Gasteiger partial charge in [-0.25, -0.2) is 0 Å². The Hall–Kier alpha value is -2.43. The molecule has 1 aliphatic heterocycles. The molecule has 0 unspecified atom stereocenters. The molecule has 208 valence electrons. The number of thiophene rings is 2. The molecule has 0 atom stereocenters. The predicted octanol–water partition coefficient (Wildman–Crippen LogP) is 11.9. The molecule has 4 heteroatoms. The zero-order valence-electron chi connectivity index (χ0n) is 23.7. The van der Waals surface area contributed by atoms with E-state index >= 15 is 0 Å². The molecule has 1 aliphatic rings. The van der Waals surface area contributed by atoms with E-state index in [4.69, 9.17) is 9.73 Å². The number of rotatable bonds is 19. The van der Waals surface area contributed by atoms with Crippen LogP contribution in [0.2, 0.25) is 0 Å². The van der Waals surface area contributed by atoms with E-state index in [9.17, 15) is 0 Å². The molecule has 0 spiro atoms. The van der Waals surface area contributed by atoms with Crippen LogP contribution in [0.1, 0.15) is 107 Å². The Balaban J connectivity index is 1.19. The highest BCUT2D eigenvalue weighted by Crippen LogP contribution is 2.40. The number of benzene rings is 1. The molecule has 1 aromatic carbocycles. The molecule has 0 bridgehead atoms. The van der Waals surface area contributed by atoms with Crippen molar-refractivity contribution in [2.45, 2.75) is 103 Å². The molecule has 0 saturated heterocycles. The fourth-order valence-corrected chi connectivity index (χ4v) is 6.85. The monoisotopic (exact) mass is 559 g/mol. The van der Waals surface area contributed by atoms with E-state index in [0.717, 1.165) is 22.7 Å². The maximum absolute atomic E-state index is 6.29. The van der Waals surface area contributed by atoms with Crippen molar-refractivity contribution >= 4 is 34.5 Å². The lowest BCUT2D eigenvalue weighted by Gasteiger charge is -2.05. The van der Waals surface area contributed by atoms with Gasteiger partial charge in [-0.3, -0.25) is 4.99 Å². The summed E-state index contributed by atoms with van der Waals surface area (Å²) in [6.07, 6.45) is 25.7. The van der Waals surface area contributed by atoms with E-state index < -0.39 is 0 Å². The molecule has 0 aliphatic carbocycles. The minimum Gasteiger partial charge on any atom is -0.487 e. The van der Waals surface area contributed by atoms with Crippen LogP contribution in [-0.2, 0) is 6.61 Å². The molecule has 3 aromatic rings. The molecule has 3 heterocycles. The Labute approximate surface area is 244 Å². The lowest BCUT2D eigenvalue weighted by molar-refractivity contribution is 0.307. The highest BCUT2D eigenvalue weighted by molar-refractivity contribution is 7.22. The second-order valence-electron chi connectivity index (χ2n) is 10.6. The average Bonchev–Trinajstić information content (AvgIpc) is 3.73. The smallest absolute Gasteiger partial charge is 0.138 e. The average molecular weight is 560 g/mol. The third kappa shape index (κ3) is 10.6. The van der Waals surface area contributed by atoms with Crippen LogP contribution < -0.4 is 4.74 Å². The van der Waals surface area contributed by atoms with E-state index in [1.54, 1.807) is 22.7 Å². The molecule has 2 nitrogen and oxygen atoms in total. The van der Waals surface area contributed by atoms with Crippen molar-refractivity contribution in [1.29, 1.82) is 0 Å². The van der Waals surface area contributed by atoms with E-state index in [1.807, 2.05) is 6.07 Å². The summed E-state index contributed by atoms with van der Waals surface area (Å²) in [7, 11) is 0. The fourth-order valence-electron chi connectivity index (χ4n) is 4.98. The minimum absolute atomic E-state index is 0.570. The maximum atomic E-state index is 6.29. The van der Waals surface area contributed by atoms with Crippen molar-refractivity contribution in [3.8, 4) is 15.5 Å². The number of hydrogen-bond donors (Lipinski definition) is 0. The summed E-state index contributed by atoms with van der Waals surface area (Å²) in [5, 5.41) is 2.13. The number of hydrogen-bond acceptors (Lipinski definition) is 4. The van der Waals surface area contributed by atoms with E-state index in [0.29, 0.717) is 6.61 Å². The zero-order chi connectivity index (χ0) is 27.0. The van der Waals surface area contributed by atoms with Crippen molar-refractivity contribution in [1.82, 2.24) is 0 Å². The van der Waals surface area contributed by atoms with Crippen LogP contribution in [0.25, 0.3) is 15.8 Å². The van der Waals surface area contributed by atoms with Gasteiger partial charge in [0.05, 0.1) is 10.6 Å². The van der Waals surface area contributed by atoms with Crippen LogP contribution in [0.3, 0.4) is 0 Å². The predicted molar refractivity (Wildman–Crippen MR) is 173 cm³/mol. The minimum atomic E-state index is 0.570. The van der Waals surface area contributed by atoms with Gasteiger partial charge in [0.2, 0.25) is 0 Å². The first-order valence-electron chi connectivity index (χ1n) is 15.1. The second-order valence-corrected chi connectivity index (χ2v) is 12.6.